The number of halogens is 2. The predicted octanol–water partition coefficient (Wildman–Crippen LogP) is 6.84. The number of imidazole rings is 1. The molecule has 1 heterocycles. The fourth-order valence-electron chi connectivity index (χ4n) is 3.97. The van der Waals surface area contributed by atoms with Gasteiger partial charge in [-0.3, -0.25) is 4.57 Å². The fourth-order valence-corrected chi connectivity index (χ4v) is 9.44. The minimum absolute atomic E-state index is 0.408. The number of aromatic nitrogens is 2. The summed E-state index contributed by atoms with van der Waals surface area (Å²) in [7, 11) is -1.84. The summed E-state index contributed by atoms with van der Waals surface area (Å²) < 4.78 is 1.83. The third kappa shape index (κ3) is 3.67. The predicted molar refractivity (Wildman–Crippen MR) is 114 cm³/mol. The molecule has 5 heteroatoms. The van der Waals surface area contributed by atoms with Gasteiger partial charge in [0, 0.05) is 5.54 Å². The molecular formula is C20H26Cl2N2Si. The van der Waals surface area contributed by atoms with Crippen molar-refractivity contribution in [2.24, 2.45) is 0 Å². The van der Waals surface area contributed by atoms with Gasteiger partial charge in [0.1, 0.15) is 13.2 Å². The smallest absolute Gasteiger partial charge is 0.191 e. The van der Waals surface area contributed by atoms with Crippen LogP contribution in [0.4, 0.5) is 0 Å². The second-order valence-electron chi connectivity index (χ2n) is 7.34. The van der Waals surface area contributed by atoms with E-state index in [1.165, 1.54) is 5.54 Å². The lowest BCUT2D eigenvalue weighted by Gasteiger charge is -2.38. The van der Waals surface area contributed by atoms with Gasteiger partial charge in [-0.15, -0.1) is 5.54 Å². The molecule has 0 amide bonds. The van der Waals surface area contributed by atoms with E-state index in [1.807, 2.05) is 28.8 Å². The minimum atomic E-state index is -1.84. The molecule has 0 atom stereocenters. The lowest BCUT2D eigenvalue weighted by Crippen LogP contribution is -2.43. The van der Waals surface area contributed by atoms with Crippen LogP contribution in [-0.2, 0) is 0 Å². The summed E-state index contributed by atoms with van der Waals surface area (Å²) in [4.78, 5) is 4.69. The van der Waals surface area contributed by atoms with E-state index in [-0.39, 0.29) is 0 Å². The maximum atomic E-state index is 6.35. The number of hydrogen-bond donors (Lipinski definition) is 0. The van der Waals surface area contributed by atoms with Gasteiger partial charge in [-0.05, 0) is 34.7 Å². The van der Waals surface area contributed by atoms with Gasteiger partial charge in [-0.2, -0.15) is 0 Å². The molecule has 0 aliphatic rings. The van der Waals surface area contributed by atoms with Gasteiger partial charge in [0.05, 0.1) is 11.0 Å². The maximum absolute atomic E-state index is 6.35. The van der Waals surface area contributed by atoms with E-state index < -0.39 is 8.07 Å². The van der Waals surface area contributed by atoms with Gasteiger partial charge < -0.3 is 0 Å². The Kier molecular flexibility index (Phi) is 6.43. The molecular weight excluding hydrogens is 367 g/mol. The second-order valence-corrected chi connectivity index (χ2v) is 13.5. The zero-order valence-electron chi connectivity index (χ0n) is 15.8. The summed E-state index contributed by atoms with van der Waals surface area (Å²) in [6.45, 7) is 13.8. The molecule has 2 aromatic rings. The average Bonchev–Trinajstić information content (AvgIpc) is 2.92. The van der Waals surface area contributed by atoms with Gasteiger partial charge >= 0.3 is 0 Å². The molecule has 0 bridgehead atoms. The van der Waals surface area contributed by atoms with Gasteiger partial charge in [0.15, 0.2) is 5.82 Å². The number of fused-ring (bicyclic) bond motifs is 1. The Bertz CT molecular complexity index is 816. The lowest BCUT2D eigenvalue weighted by molar-refractivity contribution is 0.838. The van der Waals surface area contributed by atoms with Crippen molar-refractivity contribution >= 4 is 47.5 Å². The normalized spacial score (nSPS) is 13.0. The van der Waals surface area contributed by atoms with Gasteiger partial charge in [0.25, 0.3) is 0 Å². The van der Waals surface area contributed by atoms with Crippen LogP contribution in [0.2, 0.25) is 16.6 Å². The molecule has 0 saturated carbocycles. The molecule has 134 valence electrons. The standard InChI is InChI=1S/C20H26Cl2N2Si/c1-14(2)25(15(3)4,16(5)6)12-11-20-23-17-9-7-8-10-18(17)24(20)19(22)13-21/h7-10,13-16H,1-6H3/b19-13+. The van der Waals surface area contributed by atoms with Crippen molar-refractivity contribution in [2.45, 2.75) is 58.2 Å². The number of para-hydroxylation sites is 2. The van der Waals surface area contributed by atoms with Crippen LogP contribution in [-0.4, -0.2) is 17.6 Å². The summed E-state index contributed by atoms with van der Waals surface area (Å²) in [6.07, 6.45) is 0. The van der Waals surface area contributed by atoms with Crippen LogP contribution in [0.3, 0.4) is 0 Å². The SMILES string of the molecule is CC(C)[Si](C#Cc1nc2ccccc2n1/C(Cl)=C/Cl)(C(C)C)C(C)C. The van der Waals surface area contributed by atoms with Crippen molar-refractivity contribution in [3.63, 3.8) is 0 Å². The molecule has 25 heavy (non-hydrogen) atoms. The summed E-state index contributed by atoms with van der Waals surface area (Å²) >= 11 is 12.2. The molecule has 2 rings (SSSR count). The Morgan fingerprint density at radius 1 is 1.08 bits per heavy atom. The highest BCUT2D eigenvalue weighted by atomic mass is 35.5. The van der Waals surface area contributed by atoms with E-state index in [0.29, 0.717) is 27.6 Å². The van der Waals surface area contributed by atoms with Crippen molar-refractivity contribution in [2.75, 3.05) is 0 Å². The van der Waals surface area contributed by atoms with Crippen LogP contribution in [0.25, 0.3) is 16.2 Å². The number of hydrogen-bond acceptors (Lipinski definition) is 1. The molecule has 2 nitrogen and oxygen atoms in total. The molecule has 0 N–H and O–H groups in total. The van der Waals surface area contributed by atoms with Crippen LogP contribution in [0.5, 0.6) is 0 Å². The largest absolute Gasteiger partial charge is 0.275 e. The van der Waals surface area contributed by atoms with Gasteiger partial charge in [0.2, 0.25) is 0 Å². The van der Waals surface area contributed by atoms with Gasteiger partial charge in [-0.1, -0.05) is 76.9 Å². The van der Waals surface area contributed by atoms with E-state index in [1.54, 1.807) is 0 Å². The van der Waals surface area contributed by atoms with E-state index in [2.05, 4.69) is 53.0 Å². The maximum Gasteiger partial charge on any atom is 0.191 e. The fraction of sp³-hybridized carbons (Fsp3) is 0.450. The van der Waals surface area contributed by atoms with Crippen molar-refractivity contribution in [1.82, 2.24) is 9.55 Å². The first-order valence-electron chi connectivity index (χ1n) is 8.72. The van der Waals surface area contributed by atoms with E-state index >= 15 is 0 Å². The van der Waals surface area contributed by atoms with Crippen molar-refractivity contribution in [3.05, 3.63) is 35.6 Å². The van der Waals surface area contributed by atoms with Crippen molar-refractivity contribution in [1.29, 1.82) is 0 Å². The third-order valence-electron chi connectivity index (χ3n) is 5.12. The third-order valence-corrected chi connectivity index (χ3v) is 12.0. The first-order valence-corrected chi connectivity index (χ1v) is 11.8. The van der Waals surface area contributed by atoms with Crippen LogP contribution in [0.1, 0.15) is 47.4 Å². The molecule has 0 radical (unpaired) electrons. The van der Waals surface area contributed by atoms with E-state index in [9.17, 15) is 0 Å². The Morgan fingerprint density at radius 3 is 2.16 bits per heavy atom. The molecule has 1 aromatic heterocycles. The lowest BCUT2D eigenvalue weighted by atomic mass is 10.3. The Morgan fingerprint density at radius 2 is 1.64 bits per heavy atom. The number of rotatable bonds is 4. The highest BCUT2D eigenvalue weighted by molar-refractivity contribution is 6.90. The molecule has 0 aliphatic carbocycles. The average molecular weight is 393 g/mol. The Labute approximate surface area is 162 Å². The van der Waals surface area contributed by atoms with E-state index in [0.717, 1.165) is 11.0 Å². The van der Waals surface area contributed by atoms with Crippen LogP contribution in [0.15, 0.2) is 29.8 Å². The molecule has 0 saturated heterocycles. The Hall–Kier alpha value is -1.21. The first kappa shape index (κ1) is 20.1. The van der Waals surface area contributed by atoms with E-state index in [4.69, 9.17) is 28.2 Å². The topological polar surface area (TPSA) is 17.8 Å². The van der Waals surface area contributed by atoms with Crippen LogP contribution < -0.4 is 0 Å². The van der Waals surface area contributed by atoms with Crippen molar-refractivity contribution < 1.29 is 0 Å². The number of nitrogens with zero attached hydrogens (tertiary/aromatic N) is 2. The van der Waals surface area contributed by atoms with Crippen LogP contribution in [0, 0.1) is 11.5 Å². The summed E-state index contributed by atoms with van der Waals surface area (Å²) in [5, 5.41) is 0.408. The highest BCUT2D eigenvalue weighted by Gasteiger charge is 2.41. The van der Waals surface area contributed by atoms with Crippen LogP contribution >= 0.6 is 23.2 Å². The zero-order chi connectivity index (χ0) is 18.8. The monoisotopic (exact) mass is 392 g/mol. The summed E-state index contributed by atoms with van der Waals surface area (Å²) in [5.41, 5.74) is 8.55. The molecule has 0 unspecified atom stereocenters. The molecule has 0 spiro atoms. The molecule has 0 fully saturated rings. The van der Waals surface area contributed by atoms with Crippen molar-refractivity contribution in [3.8, 4) is 11.5 Å². The highest BCUT2D eigenvalue weighted by Crippen LogP contribution is 2.40. The number of benzene rings is 1. The second kappa shape index (κ2) is 7.99. The minimum Gasteiger partial charge on any atom is -0.275 e. The molecule has 1 aromatic carbocycles. The zero-order valence-corrected chi connectivity index (χ0v) is 18.3. The Balaban J connectivity index is 2.70. The quantitative estimate of drug-likeness (QED) is 0.411. The summed E-state index contributed by atoms with van der Waals surface area (Å²) in [5.74, 6) is 4.04. The summed E-state index contributed by atoms with van der Waals surface area (Å²) in [6, 6.07) is 7.87. The molecule has 0 aliphatic heterocycles. The van der Waals surface area contributed by atoms with Gasteiger partial charge in [-0.25, -0.2) is 4.98 Å². The first-order chi connectivity index (χ1) is 11.8.